The van der Waals surface area contributed by atoms with Crippen LogP contribution in [0.4, 0.5) is 17.1 Å². The van der Waals surface area contributed by atoms with Crippen LogP contribution in [0.5, 0.6) is 0 Å². The lowest BCUT2D eigenvalue weighted by Crippen LogP contribution is -2.19. The molecular formula is C17H19N3O3. The number of nitrogens with zero attached hydrogens (tertiary/aromatic N) is 2. The lowest BCUT2D eigenvalue weighted by molar-refractivity contribution is -0.384. The Balaban J connectivity index is 2.43. The summed E-state index contributed by atoms with van der Waals surface area (Å²) in [6, 6.07) is 10.0. The second kappa shape index (κ2) is 6.48. The Morgan fingerprint density at radius 1 is 1.13 bits per heavy atom. The number of nitrogens with one attached hydrogen (secondary N) is 1. The molecule has 1 N–H and O–H groups in total. The van der Waals surface area contributed by atoms with Crippen molar-refractivity contribution in [3.8, 4) is 0 Å². The van der Waals surface area contributed by atoms with E-state index in [1.54, 1.807) is 25.1 Å². The van der Waals surface area contributed by atoms with Gasteiger partial charge in [-0.2, -0.15) is 0 Å². The number of nitro groups is 1. The van der Waals surface area contributed by atoms with Gasteiger partial charge >= 0.3 is 0 Å². The van der Waals surface area contributed by atoms with Gasteiger partial charge in [-0.15, -0.1) is 0 Å². The second-order valence-corrected chi connectivity index (χ2v) is 5.63. The van der Waals surface area contributed by atoms with Gasteiger partial charge in [-0.25, -0.2) is 0 Å². The van der Waals surface area contributed by atoms with Crippen molar-refractivity contribution >= 4 is 23.0 Å². The minimum absolute atomic E-state index is 0.110. The molecule has 2 rings (SSSR count). The van der Waals surface area contributed by atoms with Gasteiger partial charge in [0, 0.05) is 37.6 Å². The molecule has 0 fully saturated rings. The van der Waals surface area contributed by atoms with Crippen molar-refractivity contribution in [2.45, 2.75) is 13.8 Å². The Morgan fingerprint density at radius 2 is 1.83 bits per heavy atom. The van der Waals surface area contributed by atoms with Crippen LogP contribution in [0.2, 0.25) is 0 Å². The number of carbonyl (C=O) groups is 1. The van der Waals surface area contributed by atoms with Gasteiger partial charge in [0.25, 0.3) is 11.6 Å². The highest BCUT2D eigenvalue weighted by atomic mass is 16.6. The first-order valence-corrected chi connectivity index (χ1v) is 7.14. The fraction of sp³-hybridized carbons (Fsp3) is 0.235. The van der Waals surface area contributed by atoms with E-state index in [1.165, 1.54) is 12.1 Å². The summed E-state index contributed by atoms with van der Waals surface area (Å²) in [6.07, 6.45) is 0. The Kier molecular flexibility index (Phi) is 4.64. The van der Waals surface area contributed by atoms with Crippen LogP contribution in [0.15, 0.2) is 36.4 Å². The van der Waals surface area contributed by atoms with Crippen molar-refractivity contribution in [3.05, 3.63) is 63.2 Å². The number of amides is 1. The largest absolute Gasteiger partial charge is 0.377 e. The van der Waals surface area contributed by atoms with Crippen molar-refractivity contribution in [1.82, 2.24) is 0 Å². The zero-order valence-electron chi connectivity index (χ0n) is 13.6. The molecular weight excluding hydrogens is 294 g/mol. The van der Waals surface area contributed by atoms with Gasteiger partial charge in [0.2, 0.25) is 0 Å². The molecule has 0 saturated heterocycles. The summed E-state index contributed by atoms with van der Waals surface area (Å²) in [7, 11) is 3.58. The molecule has 0 aliphatic carbocycles. The summed E-state index contributed by atoms with van der Waals surface area (Å²) in [5.41, 5.74) is 3.44. The summed E-state index contributed by atoms with van der Waals surface area (Å²) in [6.45, 7) is 3.84. The van der Waals surface area contributed by atoms with Gasteiger partial charge in [0.05, 0.1) is 10.5 Å². The van der Waals surface area contributed by atoms with E-state index in [0.29, 0.717) is 11.4 Å². The minimum atomic E-state index is -0.506. The molecule has 0 aliphatic rings. The summed E-state index contributed by atoms with van der Waals surface area (Å²) < 4.78 is 0. The zero-order valence-corrected chi connectivity index (χ0v) is 13.6. The van der Waals surface area contributed by atoms with E-state index in [9.17, 15) is 14.9 Å². The number of anilines is 2. The van der Waals surface area contributed by atoms with Crippen molar-refractivity contribution in [3.63, 3.8) is 0 Å². The highest BCUT2D eigenvalue weighted by Gasteiger charge is 2.18. The van der Waals surface area contributed by atoms with Crippen LogP contribution in [0.25, 0.3) is 0 Å². The SMILES string of the molecule is Cc1ccc(C)c(NC(=O)c2cc([N+](=O)[O-])ccc2N(C)C)c1. The predicted octanol–water partition coefficient (Wildman–Crippen LogP) is 3.53. The number of hydrogen-bond acceptors (Lipinski definition) is 4. The Hall–Kier alpha value is -2.89. The third-order valence-electron chi connectivity index (χ3n) is 3.56. The third-order valence-corrected chi connectivity index (χ3v) is 3.56. The Morgan fingerprint density at radius 3 is 2.43 bits per heavy atom. The topological polar surface area (TPSA) is 75.5 Å². The number of nitro benzene ring substituents is 1. The molecule has 6 nitrogen and oxygen atoms in total. The Labute approximate surface area is 134 Å². The van der Waals surface area contributed by atoms with E-state index in [0.717, 1.165) is 11.1 Å². The minimum Gasteiger partial charge on any atom is -0.377 e. The number of benzene rings is 2. The number of non-ortho nitro benzene ring substituents is 1. The lowest BCUT2D eigenvalue weighted by Gasteiger charge is -2.17. The van der Waals surface area contributed by atoms with Crippen molar-refractivity contribution in [2.75, 3.05) is 24.3 Å². The van der Waals surface area contributed by atoms with Crippen LogP contribution in [0, 0.1) is 24.0 Å². The molecule has 0 heterocycles. The average Bonchev–Trinajstić information content (AvgIpc) is 2.50. The van der Waals surface area contributed by atoms with E-state index in [2.05, 4.69) is 5.32 Å². The van der Waals surface area contributed by atoms with Gasteiger partial charge in [0.15, 0.2) is 0 Å². The quantitative estimate of drug-likeness (QED) is 0.692. The molecule has 2 aromatic rings. The first-order valence-electron chi connectivity index (χ1n) is 7.14. The monoisotopic (exact) mass is 313 g/mol. The summed E-state index contributed by atoms with van der Waals surface area (Å²) in [4.78, 5) is 24.8. The lowest BCUT2D eigenvalue weighted by atomic mass is 10.1. The van der Waals surface area contributed by atoms with Gasteiger partial charge in [0.1, 0.15) is 0 Å². The molecule has 0 saturated carbocycles. The highest BCUT2D eigenvalue weighted by molar-refractivity contribution is 6.08. The van der Waals surface area contributed by atoms with E-state index in [4.69, 9.17) is 0 Å². The van der Waals surface area contributed by atoms with Crippen LogP contribution in [-0.2, 0) is 0 Å². The van der Waals surface area contributed by atoms with Crippen LogP contribution >= 0.6 is 0 Å². The fourth-order valence-corrected chi connectivity index (χ4v) is 2.27. The number of aryl methyl sites for hydroxylation is 2. The Bertz CT molecular complexity index is 770. The van der Waals surface area contributed by atoms with E-state index < -0.39 is 4.92 Å². The molecule has 0 atom stereocenters. The molecule has 0 aliphatic heterocycles. The average molecular weight is 313 g/mol. The summed E-state index contributed by atoms with van der Waals surface area (Å²) >= 11 is 0. The van der Waals surface area contributed by atoms with Crippen LogP contribution in [0.3, 0.4) is 0 Å². The first kappa shape index (κ1) is 16.5. The molecule has 1 amide bonds. The van der Waals surface area contributed by atoms with Crippen molar-refractivity contribution in [1.29, 1.82) is 0 Å². The molecule has 0 aromatic heterocycles. The molecule has 0 bridgehead atoms. The smallest absolute Gasteiger partial charge is 0.270 e. The van der Waals surface area contributed by atoms with Crippen molar-refractivity contribution < 1.29 is 9.72 Å². The van der Waals surface area contributed by atoms with E-state index in [1.807, 2.05) is 32.0 Å². The van der Waals surface area contributed by atoms with Gasteiger partial charge < -0.3 is 10.2 Å². The molecule has 120 valence electrons. The van der Waals surface area contributed by atoms with Crippen LogP contribution < -0.4 is 10.2 Å². The molecule has 2 aromatic carbocycles. The zero-order chi connectivity index (χ0) is 17.1. The summed E-state index contributed by atoms with van der Waals surface area (Å²) in [5, 5.41) is 13.8. The number of carbonyl (C=O) groups excluding carboxylic acids is 1. The first-order chi connectivity index (χ1) is 10.8. The summed E-state index contributed by atoms with van der Waals surface area (Å²) in [5.74, 6) is -0.369. The van der Waals surface area contributed by atoms with Crippen LogP contribution in [0.1, 0.15) is 21.5 Å². The van der Waals surface area contributed by atoms with E-state index >= 15 is 0 Å². The predicted molar refractivity (Wildman–Crippen MR) is 91.3 cm³/mol. The number of hydrogen-bond donors (Lipinski definition) is 1. The second-order valence-electron chi connectivity index (χ2n) is 5.63. The highest BCUT2D eigenvalue weighted by Crippen LogP contribution is 2.26. The molecule has 23 heavy (non-hydrogen) atoms. The molecule has 6 heteroatoms. The van der Waals surface area contributed by atoms with Gasteiger partial charge in [-0.3, -0.25) is 14.9 Å². The van der Waals surface area contributed by atoms with Gasteiger partial charge in [-0.1, -0.05) is 12.1 Å². The normalized spacial score (nSPS) is 10.3. The number of rotatable bonds is 4. The molecule has 0 radical (unpaired) electrons. The fourth-order valence-electron chi connectivity index (χ4n) is 2.27. The maximum absolute atomic E-state index is 12.6. The van der Waals surface area contributed by atoms with Crippen LogP contribution in [-0.4, -0.2) is 24.9 Å². The standard InChI is InChI=1S/C17H19N3O3/c1-11-5-6-12(2)15(9-11)18-17(21)14-10-13(20(22)23)7-8-16(14)19(3)4/h5-10H,1-4H3,(H,18,21). The van der Waals surface area contributed by atoms with Gasteiger partial charge in [-0.05, 0) is 37.1 Å². The maximum Gasteiger partial charge on any atom is 0.270 e. The third kappa shape index (κ3) is 3.66. The van der Waals surface area contributed by atoms with Crippen molar-refractivity contribution in [2.24, 2.45) is 0 Å². The molecule has 0 unspecified atom stereocenters. The maximum atomic E-state index is 12.6. The molecule has 0 spiro atoms. The van der Waals surface area contributed by atoms with E-state index in [-0.39, 0.29) is 17.2 Å².